The summed E-state index contributed by atoms with van der Waals surface area (Å²) in [6, 6.07) is 39.7. The summed E-state index contributed by atoms with van der Waals surface area (Å²) in [5, 5.41) is 15.7. The molecule has 3 saturated heterocycles. The molecule has 5 atom stereocenters. The van der Waals surface area contributed by atoms with E-state index in [0.29, 0.717) is 48.7 Å². The van der Waals surface area contributed by atoms with Crippen molar-refractivity contribution in [1.82, 2.24) is 10.2 Å². The molecule has 13 heteroatoms. The molecule has 0 saturated carbocycles. The van der Waals surface area contributed by atoms with Crippen molar-refractivity contribution in [1.29, 1.82) is 0 Å². The van der Waals surface area contributed by atoms with Crippen molar-refractivity contribution >= 4 is 59.6 Å². The molecule has 0 aromatic heterocycles. The Kier molecular flexibility index (Phi) is 11.6. The Hall–Kier alpha value is -5.50. The average Bonchev–Trinajstić information content (AvgIpc) is 3.88. The van der Waals surface area contributed by atoms with Gasteiger partial charge in [0.05, 0.1) is 59.3 Å². The molecule has 5 aromatic rings. The zero-order chi connectivity index (χ0) is 46.0. The SMILES string of the molecule is COc1ccc([Si](C)(C)[C@H]2[C@H](CC(=O)N3Cc4ccccc4C[C@H]3CO)O[C@@]3(C(=O)N(Cc4cccc(N5CN(c6ccccc6)C6(CCNCC6)C5=O)c4)c4ccc(Cl)cc43)[C@@H]2C)cc1. The summed E-state index contributed by atoms with van der Waals surface area (Å²) in [5.74, 6) is 0.178. The highest BCUT2D eigenvalue weighted by molar-refractivity contribution is 6.91. The van der Waals surface area contributed by atoms with Crippen molar-refractivity contribution in [2.45, 2.75) is 87.6 Å². The number of benzene rings is 5. The normalized spacial score (nSPS) is 24.6. The molecule has 5 aromatic carbocycles. The topological polar surface area (TPSA) is 115 Å². The largest absolute Gasteiger partial charge is 0.497 e. The fourth-order valence-corrected chi connectivity index (χ4v) is 16.3. The molecule has 10 rings (SSSR count). The van der Waals surface area contributed by atoms with E-state index < -0.39 is 25.3 Å². The van der Waals surface area contributed by atoms with Gasteiger partial charge in [-0.2, -0.15) is 0 Å². The highest BCUT2D eigenvalue weighted by Crippen LogP contribution is 2.60. The van der Waals surface area contributed by atoms with Gasteiger partial charge in [0.2, 0.25) is 5.91 Å². The number of nitrogens with one attached hydrogen (secondary N) is 1. The first-order valence-corrected chi connectivity index (χ1v) is 26.7. The summed E-state index contributed by atoms with van der Waals surface area (Å²) >= 11 is 6.84. The molecule has 0 bridgehead atoms. The lowest BCUT2D eigenvalue weighted by Crippen LogP contribution is -2.55. The van der Waals surface area contributed by atoms with Crippen LogP contribution in [-0.2, 0) is 44.2 Å². The van der Waals surface area contributed by atoms with Gasteiger partial charge in [0.1, 0.15) is 11.3 Å². The number of hydrogen-bond acceptors (Lipinski definition) is 8. The fraction of sp³-hybridized carbons (Fsp3) is 0.377. The first-order valence-electron chi connectivity index (χ1n) is 23.3. The van der Waals surface area contributed by atoms with Crippen LogP contribution in [0.4, 0.5) is 17.1 Å². The number of ether oxygens (including phenoxy) is 2. The molecular weight excluding hydrogens is 866 g/mol. The maximum absolute atomic E-state index is 15.7. The van der Waals surface area contributed by atoms with Gasteiger partial charge in [0.25, 0.3) is 11.8 Å². The minimum atomic E-state index is -2.59. The Labute approximate surface area is 393 Å². The number of para-hydroxylation sites is 1. The summed E-state index contributed by atoms with van der Waals surface area (Å²) in [7, 11) is -0.935. The van der Waals surface area contributed by atoms with E-state index in [4.69, 9.17) is 21.1 Å². The van der Waals surface area contributed by atoms with E-state index in [-0.39, 0.29) is 54.8 Å². The minimum Gasteiger partial charge on any atom is -0.497 e. The van der Waals surface area contributed by atoms with Crippen molar-refractivity contribution in [3.63, 3.8) is 0 Å². The van der Waals surface area contributed by atoms with E-state index in [0.717, 1.165) is 52.1 Å². The second-order valence-electron chi connectivity index (χ2n) is 19.3. The van der Waals surface area contributed by atoms with Crippen LogP contribution in [0.1, 0.15) is 48.4 Å². The van der Waals surface area contributed by atoms with Crippen molar-refractivity contribution < 1.29 is 29.0 Å². The smallest absolute Gasteiger partial charge is 0.264 e. The van der Waals surface area contributed by atoms with Gasteiger partial charge < -0.3 is 34.6 Å². The summed E-state index contributed by atoms with van der Waals surface area (Å²) in [5.41, 5.74) is 4.02. The van der Waals surface area contributed by atoms with Gasteiger partial charge in [-0.15, -0.1) is 0 Å². The Bertz CT molecular complexity index is 2660. The summed E-state index contributed by atoms with van der Waals surface area (Å²) in [6.45, 7) is 9.14. The van der Waals surface area contributed by atoms with Gasteiger partial charge >= 0.3 is 0 Å². The molecular formula is C53H58ClN5O6Si. The van der Waals surface area contributed by atoms with Crippen molar-refractivity contribution in [3.8, 4) is 5.75 Å². The fourth-order valence-electron chi connectivity index (χ4n) is 12.1. The van der Waals surface area contributed by atoms with Gasteiger partial charge in [0.15, 0.2) is 5.60 Å². The number of carbonyl (C=O) groups is 3. The number of hydrogen-bond donors (Lipinski definition) is 2. The molecule has 3 fully saturated rings. The third-order valence-electron chi connectivity index (χ3n) is 15.6. The van der Waals surface area contributed by atoms with E-state index in [2.05, 4.69) is 60.6 Å². The van der Waals surface area contributed by atoms with Crippen molar-refractivity contribution in [2.24, 2.45) is 5.92 Å². The second-order valence-corrected chi connectivity index (χ2v) is 24.5. The number of halogens is 1. The number of fused-ring (bicyclic) bond motifs is 3. The lowest BCUT2D eigenvalue weighted by molar-refractivity contribution is -0.151. The van der Waals surface area contributed by atoms with Crippen LogP contribution in [0.3, 0.4) is 0 Å². The summed E-state index contributed by atoms with van der Waals surface area (Å²) in [4.78, 5) is 52.9. The number of rotatable bonds is 10. The van der Waals surface area contributed by atoms with Gasteiger partial charge in [-0.05, 0) is 109 Å². The number of anilines is 3. The Morgan fingerprint density at radius 1 is 0.879 bits per heavy atom. The minimum absolute atomic E-state index is 0.0502. The van der Waals surface area contributed by atoms with Crippen LogP contribution in [0.5, 0.6) is 5.75 Å². The maximum Gasteiger partial charge on any atom is 0.264 e. The van der Waals surface area contributed by atoms with E-state index in [1.54, 1.807) is 12.0 Å². The van der Waals surface area contributed by atoms with E-state index >= 15 is 4.79 Å². The molecule has 66 heavy (non-hydrogen) atoms. The van der Waals surface area contributed by atoms with E-state index in [1.807, 2.05) is 101 Å². The highest BCUT2D eigenvalue weighted by Gasteiger charge is 2.67. The summed E-state index contributed by atoms with van der Waals surface area (Å²) < 4.78 is 12.9. The number of nitrogens with zero attached hydrogens (tertiary/aromatic N) is 4. The number of aliphatic hydroxyl groups excluding tert-OH is 1. The van der Waals surface area contributed by atoms with Gasteiger partial charge in [-0.25, -0.2) is 0 Å². The van der Waals surface area contributed by atoms with Crippen LogP contribution in [0, 0.1) is 5.92 Å². The predicted molar refractivity (Wildman–Crippen MR) is 261 cm³/mol. The molecule has 11 nitrogen and oxygen atoms in total. The number of methoxy groups -OCH3 is 1. The monoisotopic (exact) mass is 923 g/mol. The number of carbonyl (C=O) groups excluding carboxylic acids is 3. The molecule has 0 aliphatic carbocycles. The molecule has 5 heterocycles. The van der Waals surface area contributed by atoms with Gasteiger partial charge in [0, 0.05) is 34.4 Å². The zero-order valence-electron chi connectivity index (χ0n) is 38.1. The van der Waals surface area contributed by atoms with Crippen LogP contribution < -0.4 is 29.9 Å². The molecule has 2 spiro atoms. The van der Waals surface area contributed by atoms with Gasteiger partial charge in [-0.3, -0.25) is 19.3 Å². The third-order valence-corrected chi connectivity index (χ3v) is 20.2. The molecule has 0 radical (unpaired) electrons. The van der Waals surface area contributed by atoms with E-state index in [1.165, 1.54) is 0 Å². The molecule has 0 unspecified atom stereocenters. The van der Waals surface area contributed by atoms with Crippen LogP contribution in [-0.4, -0.2) is 87.0 Å². The Morgan fingerprint density at radius 3 is 2.32 bits per heavy atom. The summed E-state index contributed by atoms with van der Waals surface area (Å²) in [6.07, 6.45) is 1.41. The van der Waals surface area contributed by atoms with Crippen molar-refractivity contribution in [3.05, 3.63) is 149 Å². The lowest BCUT2D eigenvalue weighted by atomic mass is 9.82. The van der Waals surface area contributed by atoms with Crippen LogP contribution in [0.25, 0.3) is 0 Å². The molecule has 3 amide bonds. The Balaban J connectivity index is 0.997. The standard InChI is InChI=1S/C53H58ClN5O6Si/c1-35-49(66(3,4)44-20-18-43(64-2)19-21-44)47(30-48(61)56-32-38-13-9-8-12-37(38)28-42(56)33-60)65-53(35)45-29-39(54)17-22-46(45)57(51(53)63)31-36-11-10-16-41(27-36)58-34-59(40-14-6-5-7-15-40)52(50(58)62)23-25-55-26-24-52/h5-22,27,29,35,42,47,49,55,60H,23-26,28,30-34H2,1-4H3/t35-,42+,47+,49-,53+/m1/s1. The van der Waals surface area contributed by atoms with Crippen molar-refractivity contribution in [2.75, 3.05) is 48.2 Å². The quantitative estimate of drug-likeness (QED) is 0.140. The third kappa shape index (κ3) is 7.23. The lowest BCUT2D eigenvalue weighted by Gasteiger charge is -2.39. The van der Waals surface area contributed by atoms with Crippen LogP contribution in [0.2, 0.25) is 23.7 Å². The van der Waals surface area contributed by atoms with Crippen LogP contribution in [0.15, 0.2) is 121 Å². The van der Waals surface area contributed by atoms with E-state index in [9.17, 15) is 14.7 Å². The average molecular weight is 925 g/mol. The molecule has 5 aliphatic rings. The Morgan fingerprint density at radius 2 is 1.59 bits per heavy atom. The zero-order valence-corrected chi connectivity index (χ0v) is 39.8. The van der Waals surface area contributed by atoms with Gasteiger partial charge in [-0.1, -0.05) is 104 Å². The maximum atomic E-state index is 15.7. The predicted octanol–water partition coefficient (Wildman–Crippen LogP) is 7.38. The highest BCUT2D eigenvalue weighted by atomic mass is 35.5. The first kappa shape index (κ1) is 44.3. The molecule has 342 valence electrons. The second kappa shape index (κ2) is 17.3. The van der Waals surface area contributed by atoms with Crippen LogP contribution >= 0.6 is 11.6 Å². The first-order chi connectivity index (χ1) is 31.9. The number of amides is 3. The number of aliphatic hydroxyl groups is 1. The molecule has 5 aliphatic heterocycles. The molecule has 2 N–H and O–H groups in total. The number of piperidine rings is 1.